The number of carbonyl (C=O) groups excluding carboxylic acids is 5. The zero-order valence-corrected chi connectivity index (χ0v) is 40.5. The summed E-state index contributed by atoms with van der Waals surface area (Å²) in [5.74, 6) is 1.08. The molecule has 0 bridgehead atoms. The van der Waals surface area contributed by atoms with Gasteiger partial charge in [-0.25, -0.2) is 0 Å². The zero-order chi connectivity index (χ0) is 49.7. The number of aromatic amines is 1. The van der Waals surface area contributed by atoms with Crippen LogP contribution in [0.1, 0.15) is 89.0 Å². The molecule has 378 valence electrons. The van der Waals surface area contributed by atoms with E-state index >= 15 is 0 Å². The molecule has 3 aromatic carbocycles. The highest BCUT2D eigenvalue weighted by Crippen LogP contribution is 2.35. The highest BCUT2D eigenvalue weighted by molar-refractivity contribution is 6.05. The van der Waals surface area contributed by atoms with Gasteiger partial charge in [-0.1, -0.05) is 18.2 Å². The Hall–Kier alpha value is -7.22. The van der Waals surface area contributed by atoms with E-state index in [0.717, 1.165) is 84.8 Å². The number of ether oxygens (including phenoxy) is 3. The Kier molecular flexibility index (Phi) is 16.4. The minimum atomic E-state index is -0.644. The predicted molar refractivity (Wildman–Crippen MR) is 268 cm³/mol. The SMILES string of the molecule is O=C1CCC(N2Cc3cc(N4CCN(C(=O)COCCCOCCCCCOc5cccc(CNC(=O)c6cccc(NC7(c8nnc(-c9ccncc9)[nH]8)CCNCC7)c6)c5)CC4)ccc3C2=O)C(=O)N1. The fraction of sp³-hybridized carbons (Fsp3) is 0.434. The first-order valence-corrected chi connectivity index (χ1v) is 25.1. The highest BCUT2D eigenvalue weighted by atomic mass is 16.5. The fourth-order valence-electron chi connectivity index (χ4n) is 9.70. The number of unbranched alkanes of at least 4 members (excludes halogenated alkanes) is 2. The maximum Gasteiger partial charge on any atom is 0.255 e. The average Bonchev–Trinajstić information content (AvgIpc) is 4.04. The van der Waals surface area contributed by atoms with E-state index in [0.29, 0.717) is 95.5 Å². The smallest absolute Gasteiger partial charge is 0.255 e. The molecule has 72 heavy (non-hydrogen) atoms. The molecular formula is C53H63N11O8. The highest BCUT2D eigenvalue weighted by Gasteiger charge is 2.40. The number of nitrogens with zero attached hydrogens (tertiary/aromatic N) is 6. The second kappa shape index (κ2) is 23.8. The number of piperazine rings is 1. The van der Waals surface area contributed by atoms with Crippen molar-refractivity contribution in [3.63, 3.8) is 0 Å². The van der Waals surface area contributed by atoms with E-state index in [4.69, 9.17) is 14.2 Å². The molecule has 3 saturated heterocycles. The van der Waals surface area contributed by atoms with Crippen LogP contribution in [0.2, 0.25) is 0 Å². The topological polar surface area (TPSA) is 225 Å². The minimum Gasteiger partial charge on any atom is -0.494 e. The summed E-state index contributed by atoms with van der Waals surface area (Å²) in [6.07, 6.45) is 9.05. The quantitative estimate of drug-likeness (QED) is 0.0474. The van der Waals surface area contributed by atoms with Crippen LogP contribution < -0.4 is 30.9 Å². The van der Waals surface area contributed by atoms with Gasteiger partial charge in [0.25, 0.3) is 11.8 Å². The number of carbonyl (C=O) groups is 5. The van der Waals surface area contributed by atoms with Crippen LogP contribution in [-0.2, 0) is 42.5 Å². The number of fused-ring (bicyclic) bond motifs is 1. The molecule has 0 aliphatic carbocycles. The normalized spacial score (nSPS) is 17.6. The van der Waals surface area contributed by atoms with Crippen molar-refractivity contribution in [2.24, 2.45) is 0 Å². The van der Waals surface area contributed by atoms with E-state index in [1.54, 1.807) is 17.3 Å². The third-order valence-corrected chi connectivity index (χ3v) is 13.7. The number of nitrogens with one attached hydrogen (secondary N) is 5. The Labute approximate surface area is 418 Å². The lowest BCUT2D eigenvalue weighted by atomic mass is 9.87. The Morgan fingerprint density at radius 3 is 2.43 bits per heavy atom. The summed E-state index contributed by atoms with van der Waals surface area (Å²) >= 11 is 0. The number of pyridine rings is 1. The molecule has 0 spiro atoms. The van der Waals surface area contributed by atoms with Gasteiger partial charge in [-0.2, -0.15) is 0 Å². The maximum absolute atomic E-state index is 13.4. The lowest BCUT2D eigenvalue weighted by Gasteiger charge is -2.37. The number of amides is 5. The van der Waals surface area contributed by atoms with Gasteiger partial charge in [0.15, 0.2) is 11.6 Å². The van der Waals surface area contributed by atoms with Crippen LogP contribution in [0.25, 0.3) is 11.4 Å². The Bertz CT molecular complexity index is 2680. The monoisotopic (exact) mass is 981 g/mol. The van der Waals surface area contributed by atoms with Crippen molar-refractivity contribution in [1.29, 1.82) is 0 Å². The first-order valence-electron chi connectivity index (χ1n) is 25.1. The van der Waals surface area contributed by atoms with Gasteiger partial charge in [0.05, 0.1) is 12.1 Å². The average molecular weight is 982 g/mol. The zero-order valence-electron chi connectivity index (χ0n) is 40.5. The lowest BCUT2D eigenvalue weighted by molar-refractivity contribution is -0.137. The molecular weight excluding hydrogens is 919 g/mol. The number of rotatable bonds is 22. The second-order valence-electron chi connectivity index (χ2n) is 18.7. The molecule has 3 fully saturated rings. The summed E-state index contributed by atoms with van der Waals surface area (Å²) in [4.78, 5) is 76.5. The number of H-pyrrole nitrogens is 1. The number of anilines is 2. The molecule has 5 N–H and O–H groups in total. The van der Waals surface area contributed by atoms with E-state index < -0.39 is 17.5 Å². The maximum atomic E-state index is 13.4. The van der Waals surface area contributed by atoms with Crippen molar-refractivity contribution in [3.05, 3.63) is 119 Å². The van der Waals surface area contributed by atoms with Crippen molar-refractivity contribution in [3.8, 4) is 17.1 Å². The molecule has 19 nitrogen and oxygen atoms in total. The van der Waals surface area contributed by atoms with Crippen LogP contribution in [0.4, 0.5) is 11.4 Å². The third-order valence-electron chi connectivity index (χ3n) is 13.7. The van der Waals surface area contributed by atoms with Gasteiger partial charge in [-0.3, -0.25) is 34.3 Å². The van der Waals surface area contributed by atoms with E-state index in [-0.39, 0.29) is 36.7 Å². The number of hydrogen-bond donors (Lipinski definition) is 5. The van der Waals surface area contributed by atoms with E-state index in [1.807, 2.05) is 83.8 Å². The third kappa shape index (κ3) is 12.4. The number of aromatic nitrogens is 4. The van der Waals surface area contributed by atoms with Gasteiger partial charge in [-0.05, 0) is 130 Å². The summed E-state index contributed by atoms with van der Waals surface area (Å²) in [5.41, 5.74) is 5.17. The molecule has 9 rings (SSSR count). The van der Waals surface area contributed by atoms with Crippen molar-refractivity contribution < 1.29 is 38.2 Å². The van der Waals surface area contributed by atoms with Crippen LogP contribution >= 0.6 is 0 Å². The summed E-state index contributed by atoms with van der Waals surface area (Å²) in [6, 6.07) is 24.2. The standard InChI is InChI=1S/C53H63N11O8/c65-46-14-13-45(50(68)57-46)64-35-40-33-42(11-12-44(40)51(64)69)62-23-25-63(26-24-62)47(66)36-71-29-6-28-70-27-2-1-3-30-72-43-10-4-7-37(31-43)34-56-49(67)39-8-5-9-41(32-39)59-53(17-21-55-22-18-53)52-58-48(60-61-52)38-15-19-54-20-16-38/h4-5,7-12,15-16,19-20,31-33,45,55,59H,1-3,6,13-14,17-18,21-30,34-36H2,(H,56,67)(H,57,65,68)(H,58,60,61). The van der Waals surface area contributed by atoms with Crippen molar-refractivity contribution in [2.75, 3.05) is 82.5 Å². The van der Waals surface area contributed by atoms with Crippen molar-refractivity contribution >= 4 is 40.9 Å². The number of piperidine rings is 2. The van der Waals surface area contributed by atoms with Crippen LogP contribution in [0, 0.1) is 0 Å². The van der Waals surface area contributed by atoms with Gasteiger partial charge >= 0.3 is 0 Å². The van der Waals surface area contributed by atoms with Gasteiger partial charge in [0, 0.05) is 106 Å². The molecule has 0 radical (unpaired) electrons. The number of imide groups is 1. The second-order valence-corrected chi connectivity index (χ2v) is 18.7. The van der Waals surface area contributed by atoms with Gasteiger partial charge in [-0.15, -0.1) is 10.2 Å². The molecule has 5 amide bonds. The van der Waals surface area contributed by atoms with Gasteiger partial charge in [0.2, 0.25) is 17.7 Å². The summed E-state index contributed by atoms with van der Waals surface area (Å²) in [5, 5.41) is 21.5. The van der Waals surface area contributed by atoms with Crippen LogP contribution in [0.3, 0.4) is 0 Å². The predicted octanol–water partition coefficient (Wildman–Crippen LogP) is 4.57. The van der Waals surface area contributed by atoms with E-state index in [9.17, 15) is 24.0 Å². The first kappa shape index (κ1) is 49.7. The molecule has 1 unspecified atom stereocenters. The largest absolute Gasteiger partial charge is 0.494 e. The Balaban J connectivity index is 0.609. The van der Waals surface area contributed by atoms with Crippen molar-refractivity contribution in [1.82, 2.24) is 45.9 Å². The van der Waals surface area contributed by atoms with Gasteiger partial charge < -0.3 is 49.8 Å². The van der Waals surface area contributed by atoms with Crippen LogP contribution in [0.15, 0.2) is 91.3 Å². The summed E-state index contributed by atoms with van der Waals surface area (Å²) in [6.45, 7) is 7.02. The molecule has 19 heteroatoms. The lowest BCUT2D eigenvalue weighted by Crippen LogP contribution is -2.52. The van der Waals surface area contributed by atoms with E-state index in [1.165, 1.54) is 0 Å². The van der Waals surface area contributed by atoms with Crippen LogP contribution in [0.5, 0.6) is 5.75 Å². The Morgan fingerprint density at radius 2 is 1.60 bits per heavy atom. The number of hydrogen-bond acceptors (Lipinski definition) is 14. The first-order chi connectivity index (χ1) is 35.2. The minimum absolute atomic E-state index is 0.0306. The molecule has 0 saturated carbocycles. The van der Waals surface area contributed by atoms with Gasteiger partial charge in [0.1, 0.15) is 18.4 Å². The van der Waals surface area contributed by atoms with Crippen LogP contribution in [-0.4, -0.2) is 138 Å². The molecule has 2 aromatic heterocycles. The number of benzene rings is 3. The summed E-state index contributed by atoms with van der Waals surface area (Å²) in [7, 11) is 0. The Morgan fingerprint density at radius 1 is 0.806 bits per heavy atom. The molecule has 5 aromatic rings. The molecule has 1 atom stereocenters. The molecule has 6 heterocycles. The van der Waals surface area contributed by atoms with Crippen molar-refractivity contribution in [2.45, 2.75) is 76.0 Å². The van der Waals surface area contributed by atoms with E-state index in [2.05, 4.69) is 46.3 Å². The molecule has 4 aliphatic rings. The fourth-order valence-corrected chi connectivity index (χ4v) is 9.70. The molecule has 4 aliphatic heterocycles. The summed E-state index contributed by atoms with van der Waals surface area (Å²) < 4.78 is 17.5.